The number of nitrogens with zero attached hydrogens (tertiary/aromatic N) is 1. The van der Waals surface area contributed by atoms with Crippen molar-refractivity contribution in [2.75, 3.05) is 0 Å². The van der Waals surface area contributed by atoms with Crippen LogP contribution in [0.25, 0.3) is 0 Å². The highest BCUT2D eigenvalue weighted by Crippen LogP contribution is 2.39. The molecule has 1 saturated carbocycles. The molecule has 1 nitrogen and oxygen atoms in total. The Morgan fingerprint density at radius 2 is 1.92 bits per heavy atom. The van der Waals surface area contributed by atoms with Crippen LogP contribution in [-0.4, -0.2) is 4.98 Å². The molecule has 0 unspecified atom stereocenters. The number of hydrogen-bond donors (Lipinski definition) is 0. The summed E-state index contributed by atoms with van der Waals surface area (Å²) in [5.41, 5.74) is 0. The first-order valence-electron chi connectivity index (χ1n) is 4.09. The third kappa shape index (κ3) is 1.75. The van der Waals surface area contributed by atoms with Gasteiger partial charge in [-0.3, -0.25) is 0 Å². The summed E-state index contributed by atoms with van der Waals surface area (Å²) in [6, 6.07) is 0. The third-order valence-corrected chi connectivity index (χ3v) is 5.50. The molecule has 1 fully saturated rings. The first-order chi connectivity index (χ1) is 5.77. The van der Waals surface area contributed by atoms with Crippen molar-refractivity contribution in [1.29, 1.82) is 0 Å². The SMILES string of the molecule is Brc1nc(C2CCCC2)sc1Br. The molecule has 2 rings (SSSR count). The van der Waals surface area contributed by atoms with E-state index in [-0.39, 0.29) is 0 Å². The van der Waals surface area contributed by atoms with Crippen molar-refractivity contribution in [2.24, 2.45) is 0 Å². The summed E-state index contributed by atoms with van der Waals surface area (Å²) in [4.78, 5) is 4.48. The summed E-state index contributed by atoms with van der Waals surface area (Å²) < 4.78 is 2.10. The molecule has 1 heterocycles. The van der Waals surface area contributed by atoms with Gasteiger partial charge in [-0.2, -0.15) is 0 Å². The second kappa shape index (κ2) is 3.76. The van der Waals surface area contributed by atoms with E-state index in [0.717, 1.165) is 14.3 Å². The van der Waals surface area contributed by atoms with Gasteiger partial charge in [0.2, 0.25) is 0 Å². The van der Waals surface area contributed by atoms with Gasteiger partial charge in [0.05, 0.1) is 5.01 Å². The van der Waals surface area contributed by atoms with Gasteiger partial charge in [0.15, 0.2) is 0 Å². The summed E-state index contributed by atoms with van der Waals surface area (Å²) >= 11 is 8.66. The van der Waals surface area contributed by atoms with Gasteiger partial charge >= 0.3 is 0 Å². The monoisotopic (exact) mass is 309 g/mol. The van der Waals surface area contributed by atoms with E-state index in [0.29, 0.717) is 0 Å². The van der Waals surface area contributed by atoms with Gasteiger partial charge in [-0.1, -0.05) is 12.8 Å². The molecule has 0 amide bonds. The zero-order chi connectivity index (χ0) is 8.55. The van der Waals surface area contributed by atoms with Crippen LogP contribution in [0.5, 0.6) is 0 Å². The number of thiazole rings is 1. The Labute approximate surface area is 92.8 Å². The second-order valence-electron chi connectivity index (χ2n) is 3.10. The number of hydrogen-bond acceptors (Lipinski definition) is 2. The van der Waals surface area contributed by atoms with Gasteiger partial charge in [-0.05, 0) is 44.7 Å². The lowest BCUT2D eigenvalue weighted by atomic mass is 10.1. The van der Waals surface area contributed by atoms with E-state index < -0.39 is 0 Å². The van der Waals surface area contributed by atoms with Crippen molar-refractivity contribution in [3.63, 3.8) is 0 Å². The maximum absolute atomic E-state index is 4.48. The van der Waals surface area contributed by atoms with Crippen molar-refractivity contribution < 1.29 is 0 Å². The maximum Gasteiger partial charge on any atom is 0.131 e. The van der Waals surface area contributed by atoms with Crippen molar-refractivity contribution >= 4 is 43.2 Å². The minimum Gasteiger partial charge on any atom is -0.233 e. The molecule has 1 aromatic rings. The van der Waals surface area contributed by atoms with Crippen LogP contribution in [-0.2, 0) is 0 Å². The van der Waals surface area contributed by atoms with Gasteiger partial charge in [-0.15, -0.1) is 11.3 Å². The normalized spacial score (nSPS) is 18.8. The first kappa shape index (κ1) is 9.16. The molecule has 4 heteroatoms. The summed E-state index contributed by atoms with van der Waals surface area (Å²) in [7, 11) is 0. The van der Waals surface area contributed by atoms with E-state index in [1.54, 1.807) is 11.3 Å². The molecule has 12 heavy (non-hydrogen) atoms. The van der Waals surface area contributed by atoms with Gasteiger partial charge < -0.3 is 0 Å². The zero-order valence-corrected chi connectivity index (χ0v) is 10.5. The van der Waals surface area contributed by atoms with E-state index in [4.69, 9.17) is 0 Å². The highest BCUT2D eigenvalue weighted by molar-refractivity contribution is 9.13. The lowest BCUT2D eigenvalue weighted by Crippen LogP contribution is -1.89. The topological polar surface area (TPSA) is 12.9 Å². The van der Waals surface area contributed by atoms with Crippen molar-refractivity contribution in [1.82, 2.24) is 4.98 Å². The predicted molar refractivity (Wildman–Crippen MR) is 58.7 cm³/mol. The van der Waals surface area contributed by atoms with Crippen LogP contribution in [0.3, 0.4) is 0 Å². The lowest BCUT2D eigenvalue weighted by molar-refractivity contribution is 0.715. The zero-order valence-electron chi connectivity index (χ0n) is 6.52. The molecule has 0 aliphatic heterocycles. The highest BCUT2D eigenvalue weighted by Gasteiger charge is 2.21. The molecular formula is C8H9Br2NS. The van der Waals surface area contributed by atoms with Crippen LogP contribution in [0.15, 0.2) is 8.39 Å². The maximum atomic E-state index is 4.48. The Kier molecular flexibility index (Phi) is 2.87. The van der Waals surface area contributed by atoms with E-state index in [1.807, 2.05) is 0 Å². The molecule has 1 aliphatic rings. The highest BCUT2D eigenvalue weighted by atomic mass is 79.9. The smallest absolute Gasteiger partial charge is 0.131 e. The molecule has 0 N–H and O–H groups in total. The van der Waals surface area contributed by atoms with Crippen LogP contribution in [0, 0.1) is 0 Å². The number of rotatable bonds is 1. The summed E-state index contributed by atoms with van der Waals surface area (Å²) in [6.45, 7) is 0. The molecule has 1 aliphatic carbocycles. The van der Waals surface area contributed by atoms with E-state index >= 15 is 0 Å². The average molecular weight is 311 g/mol. The molecule has 66 valence electrons. The summed E-state index contributed by atoms with van der Waals surface area (Å²) in [5.74, 6) is 0.734. The second-order valence-corrected chi connectivity index (χ2v) is 6.20. The molecule has 0 radical (unpaired) electrons. The Hall–Kier alpha value is 0.590. The molecule has 0 spiro atoms. The van der Waals surface area contributed by atoms with E-state index in [9.17, 15) is 0 Å². The van der Waals surface area contributed by atoms with Crippen LogP contribution < -0.4 is 0 Å². The van der Waals surface area contributed by atoms with Gasteiger partial charge in [0, 0.05) is 5.92 Å². The Morgan fingerprint density at radius 1 is 1.25 bits per heavy atom. The van der Waals surface area contributed by atoms with Crippen molar-refractivity contribution in [3.05, 3.63) is 13.4 Å². The third-order valence-electron chi connectivity index (χ3n) is 2.27. The number of aromatic nitrogens is 1. The minimum absolute atomic E-state index is 0.734. The van der Waals surface area contributed by atoms with E-state index in [2.05, 4.69) is 36.8 Å². The first-order valence-corrected chi connectivity index (χ1v) is 6.49. The molecule has 0 bridgehead atoms. The Bertz CT molecular complexity index is 259. The molecule has 0 saturated heterocycles. The Balaban J connectivity index is 2.21. The molecule has 0 aromatic carbocycles. The van der Waals surface area contributed by atoms with Crippen LogP contribution in [0.4, 0.5) is 0 Å². The van der Waals surface area contributed by atoms with Gasteiger partial charge in [0.1, 0.15) is 8.39 Å². The van der Waals surface area contributed by atoms with Crippen molar-refractivity contribution in [3.8, 4) is 0 Å². The van der Waals surface area contributed by atoms with Crippen LogP contribution in [0.2, 0.25) is 0 Å². The standard InChI is InChI=1S/C8H9Br2NS/c9-6-7(10)12-8(11-6)5-3-1-2-4-5/h5H,1-4H2. The predicted octanol–water partition coefficient (Wildman–Crippen LogP) is 4.33. The average Bonchev–Trinajstić information content (AvgIpc) is 2.61. The minimum atomic E-state index is 0.734. The summed E-state index contributed by atoms with van der Waals surface area (Å²) in [5, 5.41) is 1.30. The fraction of sp³-hybridized carbons (Fsp3) is 0.625. The van der Waals surface area contributed by atoms with Crippen LogP contribution in [0.1, 0.15) is 36.6 Å². The quantitative estimate of drug-likeness (QED) is 0.752. The van der Waals surface area contributed by atoms with Crippen LogP contribution >= 0.6 is 43.2 Å². The fourth-order valence-electron chi connectivity index (χ4n) is 1.64. The molecule has 1 aromatic heterocycles. The van der Waals surface area contributed by atoms with Crippen molar-refractivity contribution in [2.45, 2.75) is 31.6 Å². The largest absolute Gasteiger partial charge is 0.233 e. The van der Waals surface area contributed by atoms with Gasteiger partial charge in [-0.25, -0.2) is 4.98 Å². The fourth-order valence-corrected chi connectivity index (χ4v) is 3.64. The molecular weight excluding hydrogens is 302 g/mol. The number of halogens is 2. The van der Waals surface area contributed by atoms with E-state index in [1.165, 1.54) is 30.7 Å². The van der Waals surface area contributed by atoms with Gasteiger partial charge in [0.25, 0.3) is 0 Å². The molecule has 0 atom stereocenters. The Morgan fingerprint density at radius 3 is 2.42 bits per heavy atom. The summed E-state index contributed by atoms with van der Waals surface area (Å²) in [6.07, 6.45) is 5.40. The lowest BCUT2D eigenvalue weighted by Gasteiger charge is -2.01.